The first-order valence-electron chi connectivity index (χ1n) is 5.28. The molecule has 0 heterocycles. The van der Waals surface area contributed by atoms with E-state index in [0.29, 0.717) is 0 Å². The Bertz CT molecular complexity index is 538. The summed E-state index contributed by atoms with van der Waals surface area (Å²) >= 11 is 0. The minimum atomic E-state index is -4.30. The molecule has 0 aromatic heterocycles. The van der Waals surface area contributed by atoms with Crippen LogP contribution in [0.2, 0.25) is 0 Å². The zero-order valence-electron chi connectivity index (χ0n) is 9.99. The third kappa shape index (κ3) is 3.80. The molecule has 0 fully saturated rings. The summed E-state index contributed by atoms with van der Waals surface area (Å²) < 4.78 is 30.7. The molecule has 0 aliphatic rings. The maximum Gasteiger partial charge on any atom is 0.294 e. The first-order valence-corrected chi connectivity index (χ1v) is 6.72. The monoisotopic (exact) mass is 273 g/mol. The molecule has 0 radical (unpaired) electrons. The van der Waals surface area contributed by atoms with Crippen LogP contribution in [0, 0.1) is 5.92 Å². The highest BCUT2D eigenvalue weighted by Gasteiger charge is 2.18. The number of anilines is 1. The van der Waals surface area contributed by atoms with Gasteiger partial charge in [-0.3, -0.25) is 9.35 Å². The van der Waals surface area contributed by atoms with Crippen LogP contribution in [-0.2, 0) is 14.9 Å². The molecule has 0 saturated heterocycles. The lowest BCUT2D eigenvalue weighted by Gasteiger charge is -2.14. The van der Waals surface area contributed by atoms with Crippen molar-refractivity contribution in [1.29, 1.82) is 0 Å². The summed E-state index contributed by atoms with van der Waals surface area (Å²) in [6.45, 7) is 3.03. The van der Waals surface area contributed by atoms with E-state index in [1.807, 2.05) is 0 Å². The smallest absolute Gasteiger partial charge is 0.294 e. The molecule has 100 valence electrons. The number of carbonyl (C=O) groups is 1. The van der Waals surface area contributed by atoms with Gasteiger partial charge in [0.1, 0.15) is 0 Å². The summed E-state index contributed by atoms with van der Waals surface area (Å²) in [6, 6.07) is 5.23. The zero-order valence-corrected chi connectivity index (χ0v) is 10.8. The highest BCUT2D eigenvalue weighted by Crippen LogP contribution is 2.16. The summed E-state index contributed by atoms with van der Waals surface area (Å²) in [7, 11) is -4.30. The molecule has 2 unspecified atom stereocenters. The maximum atomic E-state index is 11.6. The van der Waals surface area contributed by atoms with Crippen molar-refractivity contribution >= 4 is 21.7 Å². The number of aliphatic hydroxyl groups excluding tert-OH is 1. The zero-order chi connectivity index (χ0) is 13.9. The molecule has 1 amide bonds. The van der Waals surface area contributed by atoms with Gasteiger partial charge in [0.15, 0.2) is 0 Å². The van der Waals surface area contributed by atoms with Gasteiger partial charge in [0.2, 0.25) is 5.91 Å². The first-order chi connectivity index (χ1) is 8.21. The molecule has 1 aromatic carbocycles. The fraction of sp³-hybridized carbons (Fsp3) is 0.364. The average Bonchev–Trinajstić information content (AvgIpc) is 2.27. The lowest BCUT2D eigenvalue weighted by atomic mass is 10.1. The summed E-state index contributed by atoms with van der Waals surface area (Å²) in [5, 5.41) is 11.7. The second kappa shape index (κ2) is 5.47. The van der Waals surface area contributed by atoms with Crippen molar-refractivity contribution in [2.24, 2.45) is 5.92 Å². The molecule has 3 N–H and O–H groups in total. The highest BCUT2D eigenvalue weighted by molar-refractivity contribution is 7.85. The Labute approximate surface area is 105 Å². The minimum absolute atomic E-state index is 0.239. The highest BCUT2D eigenvalue weighted by atomic mass is 32.2. The third-order valence-electron chi connectivity index (χ3n) is 2.54. The van der Waals surface area contributed by atoms with Gasteiger partial charge in [-0.25, -0.2) is 0 Å². The summed E-state index contributed by atoms with van der Waals surface area (Å²) in [6.07, 6.45) is -0.810. The first kappa shape index (κ1) is 14.6. The van der Waals surface area contributed by atoms with Gasteiger partial charge in [0.25, 0.3) is 10.1 Å². The van der Waals surface area contributed by atoms with Gasteiger partial charge in [-0.05, 0) is 25.1 Å². The number of rotatable bonds is 4. The molecule has 6 nitrogen and oxygen atoms in total. The predicted molar refractivity (Wildman–Crippen MR) is 65.7 cm³/mol. The molecule has 0 aliphatic carbocycles. The lowest BCUT2D eigenvalue weighted by Crippen LogP contribution is -2.28. The van der Waals surface area contributed by atoms with Crippen molar-refractivity contribution in [1.82, 2.24) is 0 Å². The van der Waals surface area contributed by atoms with Crippen LogP contribution in [-0.4, -0.2) is 30.1 Å². The number of carbonyl (C=O) groups excluding carboxylic acids is 1. The molecule has 18 heavy (non-hydrogen) atoms. The van der Waals surface area contributed by atoms with Crippen molar-refractivity contribution in [2.75, 3.05) is 5.32 Å². The predicted octanol–water partition coefficient (Wildman–Crippen LogP) is 0.889. The van der Waals surface area contributed by atoms with Crippen molar-refractivity contribution in [3.63, 3.8) is 0 Å². The lowest BCUT2D eigenvalue weighted by molar-refractivity contribution is -0.122. The Hall–Kier alpha value is -1.44. The Balaban J connectivity index is 2.90. The molecule has 0 aliphatic heterocycles. The summed E-state index contributed by atoms with van der Waals surface area (Å²) in [5.74, 6) is -1.06. The molecule has 1 rings (SSSR count). The SMILES string of the molecule is CC(O)C(C)C(=O)Nc1cccc(S(=O)(=O)O)c1. The molecular weight excluding hydrogens is 258 g/mol. The van der Waals surface area contributed by atoms with Crippen LogP contribution in [0.1, 0.15) is 13.8 Å². The van der Waals surface area contributed by atoms with E-state index in [0.717, 1.165) is 6.07 Å². The van der Waals surface area contributed by atoms with E-state index in [4.69, 9.17) is 4.55 Å². The summed E-state index contributed by atoms with van der Waals surface area (Å²) in [4.78, 5) is 11.3. The summed E-state index contributed by atoms with van der Waals surface area (Å²) in [5.41, 5.74) is 0.239. The van der Waals surface area contributed by atoms with Gasteiger partial charge < -0.3 is 10.4 Å². The van der Waals surface area contributed by atoms with Crippen molar-refractivity contribution in [3.8, 4) is 0 Å². The topological polar surface area (TPSA) is 104 Å². The van der Waals surface area contributed by atoms with Gasteiger partial charge in [0.05, 0.1) is 16.9 Å². The largest absolute Gasteiger partial charge is 0.393 e. The van der Waals surface area contributed by atoms with Crippen LogP contribution in [0.15, 0.2) is 29.2 Å². The number of benzene rings is 1. The number of hydrogen-bond acceptors (Lipinski definition) is 4. The van der Waals surface area contributed by atoms with Crippen LogP contribution >= 0.6 is 0 Å². The average molecular weight is 273 g/mol. The number of amides is 1. The maximum absolute atomic E-state index is 11.6. The van der Waals surface area contributed by atoms with Gasteiger partial charge >= 0.3 is 0 Å². The van der Waals surface area contributed by atoms with Gasteiger partial charge in [-0.2, -0.15) is 8.42 Å². The Morgan fingerprint density at radius 3 is 2.44 bits per heavy atom. The van der Waals surface area contributed by atoms with Crippen molar-refractivity contribution in [3.05, 3.63) is 24.3 Å². The molecule has 0 spiro atoms. The van der Waals surface area contributed by atoms with E-state index in [-0.39, 0.29) is 10.6 Å². The molecule has 0 saturated carbocycles. The number of nitrogens with one attached hydrogen (secondary N) is 1. The second-order valence-corrected chi connectivity index (χ2v) is 5.44. The standard InChI is InChI=1S/C11H15NO5S/c1-7(8(2)13)11(14)12-9-4-3-5-10(6-9)18(15,16)17/h3-8,13H,1-2H3,(H,12,14)(H,15,16,17). The van der Waals surface area contributed by atoms with Gasteiger partial charge in [0, 0.05) is 5.69 Å². The van der Waals surface area contributed by atoms with Gasteiger partial charge in [-0.15, -0.1) is 0 Å². The Morgan fingerprint density at radius 1 is 1.33 bits per heavy atom. The van der Waals surface area contributed by atoms with Crippen LogP contribution in [0.5, 0.6) is 0 Å². The van der Waals surface area contributed by atoms with Crippen LogP contribution in [0.4, 0.5) is 5.69 Å². The molecule has 7 heteroatoms. The van der Waals surface area contributed by atoms with E-state index in [1.165, 1.54) is 25.1 Å². The quantitative estimate of drug-likeness (QED) is 0.707. The molecular formula is C11H15NO5S. The second-order valence-electron chi connectivity index (χ2n) is 4.02. The third-order valence-corrected chi connectivity index (χ3v) is 3.39. The van der Waals surface area contributed by atoms with E-state index in [2.05, 4.69) is 5.32 Å². The number of hydrogen-bond donors (Lipinski definition) is 3. The Kier molecular flexibility index (Phi) is 4.44. The van der Waals surface area contributed by atoms with Crippen LogP contribution in [0.3, 0.4) is 0 Å². The number of aliphatic hydroxyl groups is 1. The Morgan fingerprint density at radius 2 is 1.94 bits per heavy atom. The van der Waals surface area contributed by atoms with Crippen LogP contribution in [0.25, 0.3) is 0 Å². The van der Waals surface area contributed by atoms with Gasteiger partial charge in [-0.1, -0.05) is 13.0 Å². The van der Waals surface area contributed by atoms with Crippen molar-refractivity contribution in [2.45, 2.75) is 24.8 Å². The van der Waals surface area contributed by atoms with E-state index < -0.39 is 28.0 Å². The molecule has 1 aromatic rings. The fourth-order valence-corrected chi connectivity index (χ4v) is 1.74. The van der Waals surface area contributed by atoms with E-state index >= 15 is 0 Å². The van der Waals surface area contributed by atoms with E-state index in [9.17, 15) is 18.3 Å². The van der Waals surface area contributed by atoms with E-state index in [1.54, 1.807) is 6.92 Å². The minimum Gasteiger partial charge on any atom is -0.393 e. The van der Waals surface area contributed by atoms with Crippen molar-refractivity contribution < 1.29 is 22.9 Å². The van der Waals surface area contributed by atoms with Crippen LogP contribution < -0.4 is 5.32 Å². The molecule has 0 bridgehead atoms. The fourth-order valence-electron chi connectivity index (χ4n) is 1.21. The molecule has 2 atom stereocenters. The normalized spacial score (nSPS) is 14.9.